The molecule has 1 aromatic rings. The van der Waals surface area contributed by atoms with Gasteiger partial charge in [-0.1, -0.05) is 13.8 Å². The van der Waals surface area contributed by atoms with Crippen molar-refractivity contribution < 1.29 is 14.7 Å². The number of pyridine rings is 1. The Balaban J connectivity index is 3.03. The fourth-order valence-electron chi connectivity index (χ4n) is 1.24. The number of nitrogens with zero attached hydrogens (tertiary/aromatic N) is 1. The SMILES string of the molecule is CC(C)c1cc(C(=O)O)cc(NCC(N)=O)n1. The van der Waals surface area contributed by atoms with Crippen molar-refractivity contribution in [2.45, 2.75) is 19.8 Å². The van der Waals surface area contributed by atoms with Crippen LogP contribution in [-0.2, 0) is 4.79 Å². The number of nitrogens with one attached hydrogen (secondary N) is 1. The summed E-state index contributed by atoms with van der Waals surface area (Å²) in [4.78, 5) is 25.7. The van der Waals surface area contributed by atoms with Crippen molar-refractivity contribution in [2.24, 2.45) is 5.73 Å². The summed E-state index contributed by atoms with van der Waals surface area (Å²) in [6.07, 6.45) is 0. The van der Waals surface area contributed by atoms with E-state index in [0.717, 1.165) is 0 Å². The molecule has 0 saturated carbocycles. The first-order chi connectivity index (χ1) is 7.90. The molecule has 92 valence electrons. The van der Waals surface area contributed by atoms with Crippen LogP contribution < -0.4 is 11.1 Å². The predicted octanol–water partition coefficient (Wildman–Crippen LogP) is 0.800. The van der Waals surface area contributed by atoms with E-state index in [1.54, 1.807) is 0 Å². The van der Waals surface area contributed by atoms with E-state index < -0.39 is 11.9 Å². The van der Waals surface area contributed by atoms with E-state index in [2.05, 4.69) is 10.3 Å². The van der Waals surface area contributed by atoms with Gasteiger partial charge in [0.2, 0.25) is 5.91 Å². The molecule has 0 fully saturated rings. The first-order valence-corrected chi connectivity index (χ1v) is 5.17. The summed E-state index contributed by atoms with van der Waals surface area (Å²) in [5.74, 6) is -1.12. The standard InChI is InChI=1S/C11H15N3O3/c1-6(2)8-3-7(11(16)17)4-10(14-8)13-5-9(12)15/h3-4,6H,5H2,1-2H3,(H2,12,15)(H,13,14)(H,16,17). The van der Waals surface area contributed by atoms with Gasteiger partial charge < -0.3 is 16.2 Å². The molecule has 4 N–H and O–H groups in total. The van der Waals surface area contributed by atoms with Crippen LogP contribution in [0.15, 0.2) is 12.1 Å². The highest BCUT2D eigenvalue weighted by Gasteiger charge is 2.10. The lowest BCUT2D eigenvalue weighted by Crippen LogP contribution is -2.22. The minimum Gasteiger partial charge on any atom is -0.478 e. The van der Waals surface area contributed by atoms with Gasteiger partial charge in [0.05, 0.1) is 12.1 Å². The molecule has 1 heterocycles. The van der Waals surface area contributed by atoms with Gasteiger partial charge in [0, 0.05) is 5.69 Å². The van der Waals surface area contributed by atoms with Crippen LogP contribution in [0.5, 0.6) is 0 Å². The molecule has 0 bridgehead atoms. The largest absolute Gasteiger partial charge is 0.478 e. The molecule has 0 aromatic carbocycles. The Morgan fingerprint density at radius 2 is 2.12 bits per heavy atom. The molecule has 1 rings (SSSR count). The number of primary amides is 1. The Morgan fingerprint density at radius 3 is 2.59 bits per heavy atom. The highest BCUT2D eigenvalue weighted by atomic mass is 16.4. The van der Waals surface area contributed by atoms with E-state index in [1.165, 1.54) is 12.1 Å². The second kappa shape index (κ2) is 5.29. The van der Waals surface area contributed by atoms with E-state index in [0.29, 0.717) is 11.5 Å². The number of hydrogen-bond acceptors (Lipinski definition) is 4. The first-order valence-electron chi connectivity index (χ1n) is 5.17. The monoisotopic (exact) mass is 237 g/mol. The maximum atomic E-state index is 10.9. The smallest absolute Gasteiger partial charge is 0.335 e. The Hall–Kier alpha value is -2.11. The van der Waals surface area contributed by atoms with Crippen molar-refractivity contribution in [3.05, 3.63) is 23.4 Å². The number of carboxylic acids is 1. The normalized spacial score (nSPS) is 10.3. The van der Waals surface area contributed by atoms with Crippen molar-refractivity contribution in [1.82, 2.24) is 4.98 Å². The number of aromatic carboxylic acids is 1. The molecule has 0 aliphatic heterocycles. The quantitative estimate of drug-likeness (QED) is 0.702. The van der Waals surface area contributed by atoms with Crippen molar-refractivity contribution in [3.63, 3.8) is 0 Å². The summed E-state index contributed by atoms with van der Waals surface area (Å²) in [6, 6.07) is 2.89. The molecule has 0 radical (unpaired) electrons. The van der Waals surface area contributed by atoms with E-state index >= 15 is 0 Å². The van der Waals surface area contributed by atoms with E-state index in [1.807, 2.05) is 13.8 Å². The molecule has 17 heavy (non-hydrogen) atoms. The van der Waals surface area contributed by atoms with E-state index in [4.69, 9.17) is 10.8 Å². The lowest BCUT2D eigenvalue weighted by Gasteiger charge is -2.10. The third-order valence-corrected chi connectivity index (χ3v) is 2.13. The second-order valence-electron chi connectivity index (χ2n) is 3.95. The molecule has 0 aliphatic carbocycles. The van der Waals surface area contributed by atoms with Crippen molar-refractivity contribution in [1.29, 1.82) is 0 Å². The summed E-state index contributed by atoms with van der Waals surface area (Å²) >= 11 is 0. The van der Waals surface area contributed by atoms with Crippen LogP contribution in [-0.4, -0.2) is 28.5 Å². The number of anilines is 1. The van der Waals surface area contributed by atoms with E-state index in [9.17, 15) is 9.59 Å². The number of rotatable bonds is 5. The Bertz CT molecular complexity index is 444. The molecule has 1 aromatic heterocycles. The lowest BCUT2D eigenvalue weighted by atomic mass is 10.1. The summed E-state index contributed by atoms with van der Waals surface area (Å²) in [7, 11) is 0. The number of carboxylic acid groups (broad SMARTS) is 1. The van der Waals surface area contributed by atoms with Gasteiger partial charge in [-0.3, -0.25) is 4.79 Å². The van der Waals surface area contributed by atoms with Crippen LogP contribution in [0.4, 0.5) is 5.82 Å². The van der Waals surface area contributed by atoms with Gasteiger partial charge in [0.1, 0.15) is 5.82 Å². The molecule has 0 unspecified atom stereocenters. The Kier molecular flexibility index (Phi) is 4.03. The minimum absolute atomic E-state index is 0.0758. The van der Waals surface area contributed by atoms with Crippen LogP contribution in [0.3, 0.4) is 0 Å². The summed E-state index contributed by atoms with van der Waals surface area (Å²) in [5, 5.41) is 11.6. The number of carbonyl (C=O) groups is 2. The van der Waals surface area contributed by atoms with E-state index in [-0.39, 0.29) is 18.0 Å². The van der Waals surface area contributed by atoms with Crippen molar-refractivity contribution >= 4 is 17.7 Å². The zero-order valence-electron chi connectivity index (χ0n) is 9.73. The molecule has 0 atom stereocenters. The van der Waals surface area contributed by atoms with Gasteiger partial charge in [0.15, 0.2) is 0 Å². The fraction of sp³-hybridized carbons (Fsp3) is 0.364. The molecule has 0 saturated heterocycles. The molecule has 1 amide bonds. The molecule has 6 heteroatoms. The number of amides is 1. The Labute approximate surface area is 98.8 Å². The van der Waals surface area contributed by atoms with Crippen molar-refractivity contribution in [2.75, 3.05) is 11.9 Å². The van der Waals surface area contributed by atoms with Crippen LogP contribution in [0.1, 0.15) is 35.8 Å². The highest BCUT2D eigenvalue weighted by molar-refractivity contribution is 5.89. The van der Waals surface area contributed by atoms with Gasteiger partial charge in [-0.15, -0.1) is 0 Å². The van der Waals surface area contributed by atoms with Crippen LogP contribution in [0.2, 0.25) is 0 Å². The summed E-state index contributed by atoms with van der Waals surface area (Å²) < 4.78 is 0. The van der Waals surface area contributed by atoms with Crippen LogP contribution >= 0.6 is 0 Å². The fourth-order valence-corrected chi connectivity index (χ4v) is 1.24. The lowest BCUT2D eigenvalue weighted by molar-refractivity contribution is -0.116. The third-order valence-electron chi connectivity index (χ3n) is 2.13. The topological polar surface area (TPSA) is 105 Å². The summed E-state index contributed by atoms with van der Waals surface area (Å²) in [6.45, 7) is 3.74. The van der Waals surface area contributed by atoms with Crippen molar-refractivity contribution in [3.8, 4) is 0 Å². The molecule has 0 aliphatic rings. The number of nitrogens with two attached hydrogens (primary N) is 1. The van der Waals surface area contributed by atoms with Crippen LogP contribution in [0.25, 0.3) is 0 Å². The molecular weight excluding hydrogens is 222 g/mol. The highest BCUT2D eigenvalue weighted by Crippen LogP contribution is 2.17. The maximum absolute atomic E-state index is 10.9. The van der Waals surface area contributed by atoms with Gasteiger partial charge in [-0.05, 0) is 18.1 Å². The number of carbonyl (C=O) groups excluding carboxylic acids is 1. The Morgan fingerprint density at radius 1 is 1.47 bits per heavy atom. The average Bonchev–Trinajstić information content (AvgIpc) is 2.25. The van der Waals surface area contributed by atoms with Gasteiger partial charge in [-0.2, -0.15) is 0 Å². The number of hydrogen-bond donors (Lipinski definition) is 3. The zero-order valence-corrected chi connectivity index (χ0v) is 9.73. The van der Waals surface area contributed by atoms with Gasteiger partial charge in [0.25, 0.3) is 0 Å². The maximum Gasteiger partial charge on any atom is 0.335 e. The molecule has 0 spiro atoms. The second-order valence-corrected chi connectivity index (χ2v) is 3.95. The van der Waals surface area contributed by atoms with Crippen LogP contribution in [0, 0.1) is 0 Å². The zero-order chi connectivity index (χ0) is 13.0. The first kappa shape index (κ1) is 13.0. The number of aromatic nitrogens is 1. The van der Waals surface area contributed by atoms with Gasteiger partial charge >= 0.3 is 5.97 Å². The predicted molar refractivity (Wildman–Crippen MR) is 63.0 cm³/mol. The van der Waals surface area contributed by atoms with Gasteiger partial charge in [-0.25, -0.2) is 9.78 Å². The molecular formula is C11H15N3O3. The summed E-state index contributed by atoms with van der Waals surface area (Å²) in [5.41, 5.74) is 5.78. The minimum atomic E-state index is -1.03. The average molecular weight is 237 g/mol. The molecule has 6 nitrogen and oxygen atoms in total. The third kappa shape index (κ3) is 3.75.